The SMILES string of the molecule is C=C(N)c1nn(-c2ccc(S)cc2)c2c1CCc1ccc(NC(=O)c3ccccc3Cl)cc1-2. The van der Waals surface area contributed by atoms with E-state index in [1.54, 1.807) is 24.3 Å². The summed E-state index contributed by atoms with van der Waals surface area (Å²) >= 11 is 10.6. The van der Waals surface area contributed by atoms with Gasteiger partial charge in [0.25, 0.3) is 5.91 Å². The predicted molar refractivity (Wildman–Crippen MR) is 136 cm³/mol. The highest BCUT2D eigenvalue weighted by molar-refractivity contribution is 7.80. The van der Waals surface area contributed by atoms with Gasteiger partial charge in [0.15, 0.2) is 0 Å². The number of amides is 1. The molecule has 0 saturated heterocycles. The molecular formula is C26H21ClN4OS. The van der Waals surface area contributed by atoms with E-state index in [-0.39, 0.29) is 5.91 Å². The van der Waals surface area contributed by atoms with Crippen LogP contribution in [0.4, 0.5) is 5.69 Å². The summed E-state index contributed by atoms with van der Waals surface area (Å²) in [5, 5.41) is 8.18. The third-order valence-electron chi connectivity index (χ3n) is 5.77. The lowest BCUT2D eigenvalue weighted by atomic mass is 9.88. The second kappa shape index (κ2) is 8.46. The maximum atomic E-state index is 12.8. The van der Waals surface area contributed by atoms with Gasteiger partial charge < -0.3 is 11.1 Å². The topological polar surface area (TPSA) is 72.9 Å². The molecule has 33 heavy (non-hydrogen) atoms. The molecule has 1 aromatic heterocycles. The maximum absolute atomic E-state index is 12.8. The number of anilines is 1. The predicted octanol–water partition coefficient (Wildman–Crippen LogP) is 5.76. The summed E-state index contributed by atoms with van der Waals surface area (Å²) in [6, 6.07) is 20.7. The summed E-state index contributed by atoms with van der Waals surface area (Å²) in [5.41, 5.74) is 13.4. The van der Waals surface area contributed by atoms with E-state index in [0.717, 1.165) is 40.2 Å². The van der Waals surface area contributed by atoms with E-state index in [1.165, 1.54) is 5.56 Å². The number of rotatable bonds is 4. The van der Waals surface area contributed by atoms with Gasteiger partial charge in [-0.05, 0) is 66.9 Å². The molecule has 0 unspecified atom stereocenters. The van der Waals surface area contributed by atoms with Crippen molar-refractivity contribution in [3.05, 3.63) is 101 Å². The second-order valence-corrected chi connectivity index (χ2v) is 8.86. The first-order chi connectivity index (χ1) is 15.9. The molecule has 1 aliphatic carbocycles. The minimum atomic E-state index is -0.259. The molecule has 1 amide bonds. The van der Waals surface area contributed by atoms with Crippen molar-refractivity contribution >= 4 is 41.5 Å². The number of hydrogen-bond donors (Lipinski definition) is 3. The normalized spacial score (nSPS) is 12.1. The number of hydrogen-bond acceptors (Lipinski definition) is 4. The average Bonchev–Trinajstić information content (AvgIpc) is 3.20. The van der Waals surface area contributed by atoms with Crippen LogP contribution in [0.3, 0.4) is 0 Å². The lowest BCUT2D eigenvalue weighted by Crippen LogP contribution is -2.13. The Bertz CT molecular complexity index is 1410. The zero-order valence-electron chi connectivity index (χ0n) is 17.7. The van der Waals surface area contributed by atoms with E-state index in [0.29, 0.717) is 27.7 Å². The molecule has 3 N–H and O–H groups in total. The van der Waals surface area contributed by atoms with Gasteiger partial charge in [-0.2, -0.15) is 5.10 Å². The highest BCUT2D eigenvalue weighted by atomic mass is 35.5. The maximum Gasteiger partial charge on any atom is 0.257 e. The fraction of sp³-hybridized carbons (Fsp3) is 0.0769. The number of nitrogens with one attached hydrogen (secondary N) is 1. The summed E-state index contributed by atoms with van der Waals surface area (Å²) in [7, 11) is 0. The van der Waals surface area contributed by atoms with Gasteiger partial charge in [0.2, 0.25) is 0 Å². The van der Waals surface area contributed by atoms with Crippen LogP contribution in [0.5, 0.6) is 0 Å². The quantitative estimate of drug-likeness (QED) is 0.330. The van der Waals surface area contributed by atoms with E-state index < -0.39 is 0 Å². The number of nitrogens with zero attached hydrogens (tertiary/aromatic N) is 2. The van der Waals surface area contributed by atoms with Crippen LogP contribution >= 0.6 is 24.2 Å². The lowest BCUT2D eigenvalue weighted by molar-refractivity contribution is 0.102. The molecule has 0 atom stereocenters. The van der Waals surface area contributed by atoms with Gasteiger partial charge in [0, 0.05) is 21.7 Å². The van der Waals surface area contributed by atoms with Crippen LogP contribution in [-0.2, 0) is 12.8 Å². The van der Waals surface area contributed by atoms with Gasteiger partial charge in [-0.25, -0.2) is 4.68 Å². The van der Waals surface area contributed by atoms with Crippen LogP contribution in [0.1, 0.15) is 27.2 Å². The number of aryl methyl sites for hydroxylation is 1. The highest BCUT2D eigenvalue weighted by Crippen LogP contribution is 2.39. The summed E-state index contributed by atoms with van der Waals surface area (Å²) < 4.78 is 1.90. The summed E-state index contributed by atoms with van der Waals surface area (Å²) in [4.78, 5) is 13.7. The van der Waals surface area contributed by atoms with Crippen LogP contribution in [0, 0.1) is 0 Å². The van der Waals surface area contributed by atoms with E-state index in [2.05, 4.69) is 24.5 Å². The van der Waals surface area contributed by atoms with Crippen LogP contribution in [0.25, 0.3) is 22.6 Å². The highest BCUT2D eigenvalue weighted by Gasteiger charge is 2.27. The van der Waals surface area contributed by atoms with Crippen molar-refractivity contribution in [1.82, 2.24) is 9.78 Å². The summed E-state index contributed by atoms with van der Waals surface area (Å²) in [5.74, 6) is -0.259. The van der Waals surface area contributed by atoms with Gasteiger partial charge >= 0.3 is 0 Å². The van der Waals surface area contributed by atoms with Gasteiger partial charge in [0.1, 0.15) is 5.69 Å². The molecule has 0 fully saturated rings. The molecule has 5 nitrogen and oxygen atoms in total. The molecule has 3 aromatic carbocycles. The minimum Gasteiger partial charge on any atom is -0.397 e. The number of halogens is 1. The zero-order chi connectivity index (χ0) is 23.1. The molecule has 0 radical (unpaired) electrons. The largest absolute Gasteiger partial charge is 0.397 e. The number of nitrogens with two attached hydrogens (primary N) is 1. The van der Waals surface area contributed by atoms with Crippen molar-refractivity contribution in [2.24, 2.45) is 5.73 Å². The number of carbonyl (C=O) groups is 1. The van der Waals surface area contributed by atoms with Crippen LogP contribution in [0.15, 0.2) is 78.2 Å². The molecule has 1 heterocycles. The van der Waals surface area contributed by atoms with Crippen LogP contribution in [-0.4, -0.2) is 15.7 Å². The minimum absolute atomic E-state index is 0.259. The van der Waals surface area contributed by atoms with E-state index >= 15 is 0 Å². The third kappa shape index (κ3) is 3.92. The van der Waals surface area contributed by atoms with Gasteiger partial charge in [-0.1, -0.05) is 36.4 Å². The third-order valence-corrected chi connectivity index (χ3v) is 6.40. The first-order valence-electron chi connectivity index (χ1n) is 10.5. The number of carbonyl (C=O) groups excluding carboxylic acids is 1. The fourth-order valence-electron chi connectivity index (χ4n) is 4.20. The Balaban J connectivity index is 1.61. The number of benzene rings is 3. The fourth-order valence-corrected chi connectivity index (χ4v) is 4.57. The molecule has 0 saturated carbocycles. The van der Waals surface area contributed by atoms with Crippen molar-refractivity contribution in [2.75, 3.05) is 5.32 Å². The Hall–Kier alpha value is -3.48. The van der Waals surface area contributed by atoms with E-state index in [4.69, 9.17) is 22.4 Å². The van der Waals surface area contributed by atoms with Crippen LogP contribution < -0.4 is 11.1 Å². The van der Waals surface area contributed by atoms with Crippen molar-refractivity contribution < 1.29 is 4.79 Å². The van der Waals surface area contributed by atoms with Crippen molar-refractivity contribution in [3.63, 3.8) is 0 Å². The van der Waals surface area contributed by atoms with Gasteiger partial charge in [-0.3, -0.25) is 4.79 Å². The molecule has 4 aromatic rings. The first-order valence-corrected chi connectivity index (χ1v) is 11.3. The Kier molecular flexibility index (Phi) is 5.48. The summed E-state index contributed by atoms with van der Waals surface area (Å²) in [6.45, 7) is 3.93. The van der Waals surface area contributed by atoms with E-state index in [9.17, 15) is 4.79 Å². The standard InChI is InChI=1S/C26H21ClN4OS/c1-15(28)24-21-13-7-16-6-8-17(29-26(32)20-4-2-3-5-23(20)27)14-22(16)25(21)31(30-24)18-9-11-19(33)12-10-18/h2-6,8-12,14,33H,1,7,13,28H2,(H,29,32). The monoisotopic (exact) mass is 472 g/mol. The van der Waals surface area contributed by atoms with Crippen molar-refractivity contribution in [1.29, 1.82) is 0 Å². The first kappa shape index (κ1) is 21.4. The van der Waals surface area contributed by atoms with Gasteiger partial charge in [0.05, 0.1) is 27.7 Å². The Morgan fingerprint density at radius 1 is 1.09 bits per heavy atom. The van der Waals surface area contributed by atoms with E-state index in [1.807, 2.05) is 47.1 Å². The Morgan fingerprint density at radius 3 is 2.58 bits per heavy atom. The molecule has 7 heteroatoms. The van der Waals surface area contributed by atoms with Crippen molar-refractivity contribution in [2.45, 2.75) is 17.7 Å². The molecular weight excluding hydrogens is 452 g/mol. The molecule has 1 aliphatic rings. The Labute approximate surface area is 202 Å². The Morgan fingerprint density at radius 2 is 1.85 bits per heavy atom. The number of fused-ring (bicyclic) bond motifs is 3. The van der Waals surface area contributed by atoms with Crippen molar-refractivity contribution in [3.8, 4) is 16.9 Å². The molecule has 0 spiro atoms. The molecule has 5 rings (SSSR count). The average molecular weight is 473 g/mol. The zero-order valence-corrected chi connectivity index (χ0v) is 19.3. The molecule has 0 bridgehead atoms. The second-order valence-electron chi connectivity index (χ2n) is 7.94. The number of thiol groups is 1. The summed E-state index contributed by atoms with van der Waals surface area (Å²) in [6.07, 6.45) is 1.66. The molecule has 0 aliphatic heterocycles. The number of aromatic nitrogens is 2. The van der Waals surface area contributed by atoms with Crippen LogP contribution in [0.2, 0.25) is 5.02 Å². The molecule has 164 valence electrons. The van der Waals surface area contributed by atoms with Gasteiger partial charge in [-0.15, -0.1) is 12.6 Å². The lowest BCUT2D eigenvalue weighted by Gasteiger charge is -2.20. The smallest absolute Gasteiger partial charge is 0.257 e.